The number of hydrogen-bond donors (Lipinski definition) is 2. The van der Waals surface area contributed by atoms with Gasteiger partial charge in [0.2, 0.25) is 0 Å². The Bertz CT molecular complexity index is 375. The quantitative estimate of drug-likeness (QED) is 0.786. The van der Waals surface area contributed by atoms with Gasteiger partial charge in [-0.15, -0.1) is 0 Å². The molecule has 0 unspecified atom stereocenters. The van der Waals surface area contributed by atoms with Gasteiger partial charge in [0.05, 0.1) is 12.1 Å². The minimum Gasteiger partial charge on any atom is -0.391 e. The second-order valence-electron chi connectivity index (χ2n) is 4.25. The normalized spacial score (nSPS) is 25.4. The van der Waals surface area contributed by atoms with Gasteiger partial charge in [-0.1, -0.05) is 18.0 Å². The van der Waals surface area contributed by atoms with Crippen molar-refractivity contribution in [3.05, 3.63) is 17.5 Å². The average molecular weight is 224 g/mol. The molecule has 2 atom stereocenters. The number of nitrogens with zero attached hydrogens (tertiary/aromatic N) is 1. The fraction of sp³-hybridized carbons (Fsp3) is 0.636. The molecule has 88 valence electrons. The molecule has 0 aromatic carbocycles. The van der Waals surface area contributed by atoms with Crippen molar-refractivity contribution in [1.82, 2.24) is 10.5 Å². The van der Waals surface area contributed by atoms with Crippen molar-refractivity contribution in [2.75, 3.05) is 0 Å². The van der Waals surface area contributed by atoms with Gasteiger partial charge >= 0.3 is 0 Å². The number of carbonyl (C=O) groups is 1. The van der Waals surface area contributed by atoms with Crippen LogP contribution in [0.4, 0.5) is 0 Å². The summed E-state index contributed by atoms with van der Waals surface area (Å²) in [5.41, 5.74) is 0.273. The lowest BCUT2D eigenvalue weighted by molar-refractivity contribution is 0.0711. The van der Waals surface area contributed by atoms with E-state index >= 15 is 0 Å². The molecule has 1 aliphatic rings. The zero-order valence-electron chi connectivity index (χ0n) is 9.27. The van der Waals surface area contributed by atoms with Crippen molar-refractivity contribution in [3.63, 3.8) is 0 Å². The molecule has 5 heteroatoms. The van der Waals surface area contributed by atoms with Gasteiger partial charge in [0.25, 0.3) is 5.91 Å². The molecule has 1 amide bonds. The number of aliphatic hydroxyl groups excluding tert-OH is 1. The number of amides is 1. The zero-order chi connectivity index (χ0) is 11.5. The Morgan fingerprint density at radius 1 is 1.56 bits per heavy atom. The van der Waals surface area contributed by atoms with Crippen molar-refractivity contribution >= 4 is 5.91 Å². The maximum absolute atomic E-state index is 11.7. The summed E-state index contributed by atoms with van der Waals surface area (Å²) in [4.78, 5) is 11.7. The van der Waals surface area contributed by atoms with Crippen LogP contribution in [0.15, 0.2) is 10.6 Å². The molecule has 1 aromatic heterocycles. The highest BCUT2D eigenvalue weighted by Gasteiger charge is 2.25. The SMILES string of the molecule is Cc1cc(C(=O)N[C@@H]2CCCC[C@H]2O)no1. The number of rotatable bonds is 2. The summed E-state index contributed by atoms with van der Waals surface area (Å²) in [5.74, 6) is 0.331. The molecular formula is C11H16N2O3. The summed E-state index contributed by atoms with van der Waals surface area (Å²) in [5, 5.41) is 16.1. The van der Waals surface area contributed by atoms with Gasteiger partial charge in [-0.2, -0.15) is 0 Å². The molecule has 1 heterocycles. The molecule has 0 saturated heterocycles. The van der Waals surface area contributed by atoms with Crippen LogP contribution in [0, 0.1) is 6.92 Å². The summed E-state index contributed by atoms with van der Waals surface area (Å²) in [6, 6.07) is 1.43. The summed E-state index contributed by atoms with van der Waals surface area (Å²) < 4.78 is 4.83. The molecule has 16 heavy (non-hydrogen) atoms. The average Bonchev–Trinajstić information content (AvgIpc) is 2.68. The first-order chi connectivity index (χ1) is 7.66. The molecule has 2 rings (SSSR count). The number of aliphatic hydroxyl groups is 1. The highest BCUT2D eigenvalue weighted by Crippen LogP contribution is 2.18. The summed E-state index contributed by atoms with van der Waals surface area (Å²) >= 11 is 0. The van der Waals surface area contributed by atoms with Gasteiger partial charge < -0.3 is 14.9 Å². The van der Waals surface area contributed by atoms with E-state index in [0.29, 0.717) is 5.76 Å². The van der Waals surface area contributed by atoms with Crippen molar-refractivity contribution in [3.8, 4) is 0 Å². The Kier molecular flexibility index (Phi) is 3.24. The van der Waals surface area contributed by atoms with Gasteiger partial charge in [0, 0.05) is 6.07 Å². The van der Waals surface area contributed by atoms with Crippen molar-refractivity contribution < 1.29 is 14.4 Å². The number of carbonyl (C=O) groups excluding carboxylic acids is 1. The third-order valence-corrected chi connectivity index (χ3v) is 2.91. The zero-order valence-corrected chi connectivity index (χ0v) is 9.27. The van der Waals surface area contributed by atoms with Crippen molar-refractivity contribution in [2.24, 2.45) is 0 Å². The second-order valence-corrected chi connectivity index (χ2v) is 4.25. The van der Waals surface area contributed by atoms with Crippen LogP contribution in [0.1, 0.15) is 41.9 Å². The Labute approximate surface area is 93.8 Å². The third kappa shape index (κ3) is 2.41. The molecule has 1 fully saturated rings. The molecule has 1 aromatic rings. The molecule has 0 radical (unpaired) electrons. The largest absolute Gasteiger partial charge is 0.391 e. The fourth-order valence-corrected chi connectivity index (χ4v) is 2.00. The summed E-state index contributed by atoms with van der Waals surface area (Å²) in [7, 11) is 0. The summed E-state index contributed by atoms with van der Waals surface area (Å²) in [6.07, 6.45) is 3.20. The predicted molar refractivity (Wildman–Crippen MR) is 57.0 cm³/mol. The molecular weight excluding hydrogens is 208 g/mol. The molecule has 1 aliphatic carbocycles. The Morgan fingerprint density at radius 2 is 2.31 bits per heavy atom. The van der Waals surface area contributed by atoms with Crippen LogP contribution >= 0.6 is 0 Å². The van der Waals surface area contributed by atoms with Crippen LogP contribution in [0.25, 0.3) is 0 Å². The van der Waals surface area contributed by atoms with Crippen LogP contribution < -0.4 is 5.32 Å². The number of aryl methyl sites for hydroxylation is 1. The van der Waals surface area contributed by atoms with Crippen molar-refractivity contribution in [2.45, 2.75) is 44.8 Å². The van der Waals surface area contributed by atoms with Crippen LogP contribution in [-0.4, -0.2) is 28.3 Å². The van der Waals surface area contributed by atoms with Gasteiger partial charge in [0.1, 0.15) is 5.76 Å². The molecule has 0 bridgehead atoms. The number of hydrogen-bond acceptors (Lipinski definition) is 4. The first-order valence-electron chi connectivity index (χ1n) is 5.59. The van der Waals surface area contributed by atoms with Gasteiger partial charge in [-0.3, -0.25) is 4.79 Å². The lowest BCUT2D eigenvalue weighted by atomic mass is 9.92. The molecule has 5 nitrogen and oxygen atoms in total. The van der Waals surface area contributed by atoms with Crippen LogP contribution in [0.5, 0.6) is 0 Å². The van der Waals surface area contributed by atoms with E-state index in [1.165, 1.54) is 0 Å². The lowest BCUT2D eigenvalue weighted by Crippen LogP contribution is -2.45. The number of aromatic nitrogens is 1. The molecule has 0 aliphatic heterocycles. The summed E-state index contributed by atoms with van der Waals surface area (Å²) in [6.45, 7) is 1.74. The lowest BCUT2D eigenvalue weighted by Gasteiger charge is -2.27. The number of nitrogens with one attached hydrogen (secondary N) is 1. The van der Waals surface area contributed by atoms with E-state index in [2.05, 4.69) is 10.5 Å². The van der Waals surface area contributed by atoms with E-state index in [0.717, 1.165) is 25.7 Å². The highest BCUT2D eigenvalue weighted by atomic mass is 16.5. The Morgan fingerprint density at radius 3 is 2.94 bits per heavy atom. The Balaban J connectivity index is 1.96. The van der Waals surface area contributed by atoms with E-state index in [1.807, 2.05) is 0 Å². The standard InChI is InChI=1S/C11H16N2O3/c1-7-6-9(13-16-7)11(15)12-8-4-2-3-5-10(8)14/h6,8,10,14H,2-5H2,1H3,(H,12,15)/t8-,10-/m1/s1. The third-order valence-electron chi connectivity index (χ3n) is 2.91. The fourth-order valence-electron chi connectivity index (χ4n) is 2.00. The van der Waals surface area contributed by atoms with Gasteiger partial charge in [0.15, 0.2) is 5.69 Å². The predicted octanol–water partition coefficient (Wildman–Crippen LogP) is 1.02. The van der Waals surface area contributed by atoms with E-state index in [4.69, 9.17) is 4.52 Å². The smallest absolute Gasteiger partial charge is 0.273 e. The maximum atomic E-state index is 11.7. The monoisotopic (exact) mass is 224 g/mol. The van der Waals surface area contributed by atoms with Crippen LogP contribution in [0.3, 0.4) is 0 Å². The molecule has 0 spiro atoms. The van der Waals surface area contributed by atoms with Crippen LogP contribution in [0.2, 0.25) is 0 Å². The van der Waals surface area contributed by atoms with E-state index < -0.39 is 6.10 Å². The highest BCUT2D eigenvalue weighted by molar-refractivity contribution is 5.92. The van der Waals surface area contributed by atoms with E-state index in [1.54, 1.807) is 13.0 Å². The van der Waals surface area contributed by atoms with Gasteiger partial charge in [-0.25, -0.2) is 0 Å². The minimum absolute atomic E-state index is 0.154. The first-order valence-corrected chi connectivity index (χ1v) is 5.59. The van der Waals surface area contributed by atoms with E-state index in [9.17, 15) is 9.90 Å². The minimum atomic E-state index is -0.439. The van der Waals surface area contributed by atoms with Crippen molar-refractivity contribution in [1.29, 1.82) is 0 Å². The maximum Gasteiger partial charge on any atom is 0.273 e. The Hall–Kier alpha value is -1.36. The van der Waals surface area contributed by atoms with Gasteiger partial charge in [-0.05, 0) is 19.8 Å². The molecule has 1 saturated carbocycles. The molecule has 2 N–H and O–H groups in total. The first kappa shape index (κ1) is 11.1. The van der Waals surface area contributed by atoms with Crippen LogP contribution in [-0.2, 0) is 0 Å². The van der Waals surface area contributed by atoms with E-state index in [-0.39, 0.29) is 17.6 Å². The second kappa shape index (κ2) is 4.65. The topological polar surface area (TPSA) is 75.4 Å².